The lowest BCUT2D eigenvalue weighted by Crippen LogP contribution is -2.12. The molecule has 1 unspecified atom stereocenters. The zero-order chi connectivity index (χ0) is 15.0. The Morgan fingerprint density at radius 3 is 2.76 bits per heavy atom. The molecule has 0 saturated carbocycles. The lowest BCUT2D eigenvalue weighted by molar-refractivity contribution is 0.413. The van der Waals surface area contributed by atoms with Crippen LogP contribution in [0.5, 0.6) is 5.75 Å². The lowest BCUT2D eigenvalue weighted by atomic mass is 10.0. The Balaban J connectivity index is 2.08. The van der Waals surface area contributed by atoms with Gasteiger partial charge in [-0.15, -0.1) is 0 Å². The van der Waals surface area contributed by atoms with Gasteiger partial charge in [-0.3, -0.25) is 0 Å². The van der Waals surface area contributed by atoms with Crippen molar-refractivity contribution in [2.45, 2.75) is 13.0 Å². The van der Waals surface area contributed by atoms with Gasteiger partial charge in [-0.1, -0.05) is 23.7 Å². The highest BCUT2D eigenvalue weighted by molar-refractivity contribution is 6.31. The highest BCUT2D eigenvalue weighted by atomic mass is 35.5. The molecule has 0 fully saturated rings. The third-order valence-electron chi connectivity index (χ3n) is 3.67. The van der Waals surface area contributed by atoms with Gasteiger partial charge in [0.25, 0.3) is 0 Å². The van der Waals surface area contributed by atoms with Crippen LogP contribution in [-0.4, -0.2) is 7.11 Å². The molecule has 0 bridgehead atoms. The number of ether oxygens (including phenoxy) is 1. The fraction of sp³-hybridized carbons (Fsp3) is 0.176. The Bertz CT molecular complexity index is 795. The minimum absolute atomic E-state index is 0.341. The number of halogens is 1. The highest BCUT2D eigenvalue weighted by Gasteiger charge is 2.19. The molecule has 0 radical (unpaired) electrons. The minimum Gasteiger partial charge on any atom is -0.497 e. The molecule has 4 heteroatoms. The number of fused-ring (bicyclic) bond motifs is 1. The predicted octanol–water partition coefficient (Wildman–Crippen LogP) is 4.45. The van der Waals surface area contributed by atoms with Crippen LogP contribution < -0.4 is 10.5 Å². The zero-order valence-corrected chi connectivity index (χ0v) is 12.6. The molecule has 0 spiro atoms. The summed E-state index contributed by atoms with van der Waals surface area (Å²) in [5.74, 6) is 1.53. The van der Waals surface area contributed by atoms with Crippen LogP contribution in [0.1, 0.15) is 22.9 Å². The first-order chi connectivity index (χ1) is 10.1. The van der Waals surface area contributed by atoms with Gasteiger partial charge >= 0.3 is 0 Å². The number of rotatable bonds is 3. The standard InChI is InChI=1S/C17H16ClNO2/c1-10-14-9-12(18)6-7-15(14)21-17(10)16(19)11-4-3-5-13(8-11)20-2/h3-9,16H,19H2,1-2H3. The molecule has 0 amide bonds. The molecule has 3 aromatic rings. The second-order valence-electron chi connectivity index (χ2n) is 4.99. The highest BCUT2D eigenvalue weighted by Crippen LogP contribution is 2.33. The van der Waals surface area contributed by atoms with Crippen LogP contribution in [0.4, 0.5) is 0 Å². The van der Waals surface area contributed by atoms with E-state index in [1.165, 1.54) is 0 Å². The maximum Gasteiger partial charge on any atom is 0.134 e. The van der Waals surface area contributed by atoms with E-state index >= 15 is 0 Å². The fourth-order valence-electron chi connectivity index (χ4n) is 2.50. The molecule has 2 N–H and O–H groups in total. The van der Waals surface area contributed by atoms with Crippen molar-refractivity contribution in [1.82, 2.24) is 0 Å². The van der Waals surface area contributed by atoms with Crippen molar-refractivity contribution in [1.29, 1.82) is 0 Å². The van der Waals surface area contributed by atoms with E-state index in [-0.39, 0.29) is 6.04 Å². The number of nitrogens with two attached hydrogens (primary N) is 1. The molecule has 2 aromatic carbocycles. The van der Waals surface area contributed by atoms with E-state index in [0.717, 1.165) is 33.6 Å². The van der Waals surface area contributed by atoms with Gasteiger partial charge in [0.1, 0.15) is 17.1 Å². The Labute approximate surface area is 128 Å². The summed E-state index contributed by atoms with van der Waals surface area (Å²) in [5.41, 5.74) is 9.12. The zero-order valence-electron chi connectivity index (χ0n) is 11.9. The average Bonchev–Trinajstić information content (AvgIpc) is 2.83. The first kappa shape index (κ1) is 14.0. The van der Waals surface area contributed by atoms with Crippen molar-refractivity contribution in [2.24, 2.45) is 5.73 Å². The molecule has 0 aliphatic rings. The van der Waals surface area contributed by atoms with Crippen molar-refractivity contribution in [3.8, 4) is 5.75 Å². The van der Waals surface area contributed by atoms with Gasteiger partial charge in [-0.05, 0) is 42.8 Å². The summed E-state index contributed by atoms with van der Waals surface area (Å²) < 4.78 is 11.2. The quantitative estimate of drug-likeness (QED) is 0.777. The van der Waals surface area contributed by atoms with Crippen molar-refractivity contribution in [2.75, 3.05) is 7.11 Å². The Morgan fingerprint density at radius 1 is 1.19 bits per heavy atom. The van der Waals surface area contributed by atoms with Crippen LogP contribution in [0.2, 0.25) is 5.02 Å². The van der Waals surface area contributed by atoms with E-state index < -0.39 is 0 Å². The normalized spacial score (nSPS) is 12.6. The van der Waals surface area contributed by atoms with E-state index in [9.17, 15) is 0 Å². The van der Waals surface area contributed by atoms with Crippen LogP contribution in [0.25, 0.3) is 11.0 Å². The molecule has 0 aliphatic carbocycles. The van der Waals surface area contributed by atoms with Crippen molar-refractivity contribution in [3.05, 3.63) is 64.4 Å². The van der Waals surface area contributed by atoms with Gasteiger partial charge in [-0.25, -0.2) is 0 Å². The molecule has 1 aromatic heterocycles. The summed E-state index contributed by atoms with van der Waals surface area (Å²) >= 11 is 6.05. The molecular formula is C17H16ClNO2. The maximum atomic E-state index is 6.36. The Kier molecular flexibility index (Phi) is 3.62. The fourth-order valence-corrected chi connectivity index (χ4v) is 2.67. The molecule has 21 heavy (non-hydrogen) atoms. The molecule has 3 nitrogen and oxygen atoms in total. The number of hydrogen-bond donors (Lipinski definition) is 1. The molecular weight excluding hydrogens is 286 g/mol. The molecule has 0 aliphatic heterocycles. The smallest absolute Gasteiger partial charge is 0.134 e. The van der Waals surface area contributed by atoms with Gasteiger partial charge in [-0.2, -0.15) is 0 Å². The molecule has 0 saturated heterocycles. The molecule has 1 atom stereocenters. The SMILES string of the molecule is COc1cccc(C(N)c2oc3ccc(Cl)cc3c2C)c1. The van der Waals surface area contributed by atoms with E-state index in [2.05, 4.69) is 0 Å². The monoisotopic (exact) mass is 301 g/mol. The van der Waals surface area contributed by atoms with E-state index in [0.29, 0.717) is 5.02 Å². The van der Waals surface area contributed by atoms with Gasteiger partial charge < -0.3 is 14.9 Å². The second-order valence-corrected chi connectivity index (χ2v) is 5.42. The number of methoxy groups -OCH3 is 1. The van der Waals surface area contributed by atoms with Crippen LogP contribution in [-0.2, 0) is 0 Å². The topological polar surface area (TPSA) is 48.4 Å². The average molecular weight is 302 g/mol. The summed E-state index contributed by atoms with van der Waals surface area (Å²) in [5, 5.41) is 1.68. The maximum absolute atomic E-state index is 6.36. The second kappa shape index (κ2) is 5.43. The molecule has 108 valence electrons. The van der Waals surface area contributed by atoms with Gasteiger partial charge in [0.2, 0.25) is 0 Å². The third-order valence-corrected chi connectivity index (χ3v) is 3.91. The molecule has 3 rings (SSSR count). The van der Waals surface area contributed by atoms with Gasteiger partial charge in [0.15, 0.2) is 0 Å². The van der Waals surface area contributed by atoms with Crippen LogP contribution >= 0.6 is 11.6 Å². The minimum atomic E-state index is -0.341. The van der Waals surface area contributed by atoms with Gasteiger partial charge in [0.05, 0.1) is 13.2 Å². The van der Waals surface area contributed by atoms with Crippen molar-refractivity contribution in [3.63, 3.8) is 0 Å². The lowest BCUT2D eigenvalue weighted by Gasteiger charge is -2.11. The van der Waals surface area contributed by atoms with Crippen LogP contribution in [0.3, 0.4) is 0 Å². The molecule has 1 heterocycles. The van der Waals surface area contributed by atoms with Crippen LogP contribution in [0.15, 0.2) is 46.9 Å². The Morgan fingerprint density at radius 2 is 2.00 bits per heavy atom. The summed E-state index contributed by atoms with van der Waals surface area (Å²) in [6.45, 7) is 2.00. The summed E-state index contributed by atoms with van der Waals surface area (Å²) in [6, 6.07) is 12.9. The van der Waals surface area contributed by atoms with E-state index in [1.807, 2.05) is 49.4 Å². The third kappa shape index (κ3) is 2.50. The largest absolute Gasteiger partial charge is 0.497 e. The number of furan rings is 1. The van der Waals surface area contributed by atoms with Crippen molar-refractivity contribution >= 4 is 22.6 Å². The predicted molar refractivity (Wildman–Crippen MR) is 85.0 cm³/mol. The first-order valence-corrected chi connectivity index (χ1v) is 7.06. The summed E-state index contributed by atoms with van der Waals surface area (Å²) in [7, 11) is 1.64. The number of benzene rings is 2. The van der Waals surface area contributed by atoms with Gasteiger partial charge in [0, 0.05) is 16.0 Å². The van der Waals surface area contributed by atoms with E-state index in [1.54, 1.807) is 7.11 Å². The Hall–Kier alpha value is -1.97. The van der Waals surface area contributed by atoms with Crippen LogP contribution in [0, 0.1) is 6.92 Å². The van der Waals surface area contributed by atoms with E-state index in [4.69, 9.17) is 26.5 Å². The van der Waals surface area contributed by atoms with Crippen molar-refractivity contribution < 1.29 is 9.15 Å². The first-order valence-electron chi connectivity index (χ1n) is 6.68. The number of aryl methyl sites for hydroxylation is 1. The number of hydrogen-bond acceptors (Lipinski definition) is 3. The summed E-state index contributed by atoms with van der Waals surface area (Å²) in [6.07, 6.45) is 0. The summed E-state index contributed by atoms with van der Waals surface area (Å²) in [4.78, 5) is 0.